The van der Waals surface area contributed by atoms with Gasteiger partial charge in [-0.1, -0.05) is 42.2 Å². The molecule has 3 rings (SSSR count). The lowest BCUT2D eigenvalue weighted by atomic mass is 10.2. The van der Waals surface area contributed by atoms with Crippen molar-refractivity contribution >= 4 is 21.8 Å². The van der Waals surface area contributed by atoms with E-state index in [0.717, 1.165) is 5.56 Å². The van der Waals surface area contributed by atoms with Crippen LogP contribution in [0.25, 0.3) is 0 Å². The Morgan fingerprint density at radius 1 is 1.12 bits per heavy atom. The van der Waals surface area contributed by atoms with Gasteiger partial charge in [0.1, 0.15) is 4.90 Å². The Hall–Kier alpha value is -3.11. The van der Waals surface area contributed by atoms with Crippen molar-refractivity contribution in [1.82, 2.24) is 10.2 Å². The van der Waals surface area contributed by atoms with Crippen LogP contribution in [0.3, 0.4) is 0 Å². The van der Waals surface area contributed by atoms with E-state index in [2.05, 4.69) is 21.6 Å². The number of hydrogen-bond acceptors (Lipinski definition) is 4. The number of amides is 1. The number of hydrogen-bond donors (Lipinski definition) is 1. The highest BCUT2D eigenvalue weighted by Gasteiger charge is 2.30. The molecule has 0 radical (unpaired) electrons. The molecule has 0 unspecified atom stereocenters. The minimum Gasteiger partial charge on any atom is -0.349 e. The number of sulfonamides is 1. The molecular formula is C19H17N3O3S. The summed E-state index contributed by atoms with van der Waals surface area (Å²) in [6.45, 7) is 0.193. The summed E-state index contributed by atoms with van der Waals surface area (Å²) in [4.78, 5) is 13.8. The van der Waals surface area contributed by atoms with Gasteiger partial charge in [-0.15, -0.1) is 4.40 Å². The van der Waals surface area contributed by atoms with E-state index in [-0.39, 0.29) is 29.7 Å². The van der Waals surface area contributed by atoms with E-state index < -0.39 is 10.0 Å². The lowest BCUT2D eigenvalue weighted by Crippen LogP contribution is -2.38. The molecule has 132 valence electrons. The van der Waals surface area contributed by atoms with Gasteiger partial charge in [0, 0.05) is 18.2 Å². The normalized spacial score (nSPS) is 13.8. The van der Waals surface area contributed by atoms with Crippen LogP contribution in [0.5, 0.6) is 0 Å². The van der Waals surface area contributed by atoms with E-state index in [1.807, 2.05) is 30.3 Å². The van der Waals surface area contributed by atoms with Crippen molar-refractivity contribution in [3.8, 4) is 11.8 Å². The highest BCUT2D eigenvalue weighted by Crippen LogP contribution is 2.26. The maximum absolute atomic E-state index is 12.1. The Morgan fingerprint density at radius 2 is 1.81 bits per heavy atom. The average Bonchev–Trinajstić information content (AvgIpc) is 2.91. The van der Waals surface area contributed by atoms with Gasteiger partial charge in [0.2, 0.25) is 5.91 Å². The monoisotopic (exact) mass is 367 g/mol. The number of rotatable bonds is 3. The predicted molar refractivity (Wildman–Crippen MR) is 99.1 cm³/mol. The van der Waals surface area contributed by atoms with Gasteiger partial charge in [0.25, 0.3) is 10.0 Å². The third kappa shape index (κ3) is 3.92. The summed E-state index contributed by atoms with van der Waals surface area (Å²) in [5.41, 5.74) is 1.38. The van der Waals surface area contributed by atoms with Crippen LogP contribution in [0.4, 0.5) is 0 Å². The molecule has 26 heavy (non-hydrogen) atoms. The molecule has 0 atom stereocenters. The second kappa shape index (κ2) is 7.42. The maximum atomic E-state index is 12.1. The third-order valence-electron chi connectivity index (χ3n) is 3.74. The molecular weight excluding hydrogens is 350 g/mol. The predicted octanol–water partition coefficient (Wildman–Crippen LogP) is 1.24. The lowest BCUT2D eigenvalue weighted by molar-refractivity contribution is -0.121. The van der Waals surface area contributed by atoms with Crippen molar-refractivity contribution in [2.45, 2.75) is 4.90 Å². The van der Waals surface area contributed by atoms with Gasteiger partial charge < -0.3 is 10.2 Å². The lowest BCUT2D eigenvalue weighted by Gasteiger charge is -2.18. The van der Waals surface area contributed by atoms with Crippen molar-refractivity contribution in [1.29, 1.82) is 0 Å². The zero-order valence-electron chi connectivity index (χ0n) is 14.1. The second-order valence-corrected chi connectivity index (χ2v) is 7.26. The molecule has 0 fully saturated rings. The van der Waals surface area contributed by atoms with Gasteiger partial charge in [-0.25, -0.2) is 0 Å². The number of carbonyl (C=O) groups is 1. The van der Waals surface area contributed by atoms with Gasteiger partial charge in [0.15, 0.2) is 5.84 Å². The van der Waals surface area contributed by atoms with Crippen LogP contribution in [-0.4, -0.2) is 45.2 Å². The van der Waals surface area contributed by atoms with Crippen molar-refractivity contribution in [2.75, 3.05) is 20.1 Å². The average molecular weight is 367 g/mol. The number of nitrogens with zero attached hydrogens (tertiary/aromatic N) is 2. The Balaban J connectivity index is 1.60. The van der Waals surface area contributed by atoms with Crippen LogP contribution in [0.2, 0.25) is 0 Å². The molecule has 1 N–H and O–H groups in total. The molecule has 2 aromatic carbocycles. The summed E-state index contributed by atoms with van der Waals surface area (Å²) in [5, 5.41) is 2.69. The second-order valence-electron chi connectivity index (χ2n) is 5.69. The van der Waals surface area contributed by atoms with Crippen molar-refractivity contribution in [3.05, 3.63) is 65.7 Å². The first kappa shape index (κ1) is 17.7. The number of amidine groups is 1. The smallest absolute Gasteiger partial charge is 0.285 e. The Bertz CT molecular complexity index is 1020. The van der Waals surface area contributed by atoms with Crippen LogP contribution >= 0.6 is 0 Å². The van der Waals surface area contributed by atoms with Crippen LogP contribution in [0.1, 0.15) is 11.1 Å². The van der Waals surface area contributed by atoms with Gasteiger partial charge in [-0.05, 0) is 24.3 Å². The fourth-order valence-electron chi connectivity index (χ4n) is 2.52. The van der Waals surface area contributed by atoms with Gasteiger partial charge in [0.05, 0.1) is 13.1 Å². The first-order chi connectivity index (χ1) is 12.5. The van der Waals surface area contributed by atoms with Crippen molar-refractivity contribution in [3.63, 3.8) is 0 Å². The van der Waals surface area contributed by atoms with E-state index >= 15 is 0 Å². The van der Waals surface area contributed by atoms with Crippen LogP contribution in [0, 0.1) is 11.8 Å². The molecule has 1 aliphatic heterocycles. The molecule has 2 aromatic rings. The van der Waals surface area contributed by atoms with Gasteiger partial charge >= 0.3 is 0 Å². The van der Waals surface area contributed by atoms with Crippen molar-refractivity contribution in [2.24, 2.45) is 4.40 Å². The zero-order chi connectivity index (χ0) is 18.6. The third-order valence-corrected chi connectivity index (χ3v) is 5.06. The van der Waals surface area contributed by atoms with Crippen LogP contribution in [0.15, 0.2) is 63.9 Å². The van der Waals surface area contributed by atoms with E-state index in [4.69, 9.17) is 0 Å². The van der Waals surface area contributed by atoms with E-state index in [1.165, 1.54) is 11.0 Å². The molecule has 1 amide bonds. The fraction of sp³-hybridized carbons (Fsp3) is 0.158. The summed E-state index contributed by atoms with van der Waals surface area (Å²) in [5.74, 6) is 5.83. The molecule has 0 bridgehead atoms. The highest BCUT2D eigenvalue weighted by atomic mass is 32.2. The molecule has 1 heterocycles. The minimum absolute atomic E-state index is 0.0182. The largest absolute Gasteiger partial charge is 0.349 e. The summed E-state index contributed by atoms with van der Waals surface area (Å²) in [6, 6.07) is 16.0. The molecule has 1 aliphatic rings. The van der Waals surface area contributed by atoms with Crippen LogP contribution in [-0.2, 0) is 14.8 Å². The van der Waals surface area contributed by atoms with E-state index in [0.29, 0.717) is 5.56 Å². The minimum atomic E-state index is -3.69. The number of nitrogens with one attached hydrogen (secondary N) is 1. The molecule has 0 spiro atoms. The quantitative estimate of drug-likeness (QED) is 0.828. The molecule has 0 aromatic heterocycles. The summed E-state index contributed by atoms with van der Waals surface area (Å²) < 4.78 is 27.9. The summed E-state index contributed by atoms with van der Waals surface area (Å²) >= 11 is 0. The molecule has 0 saturated carbocycles. The molecule has 7 heteroatoms. The number of fused-ring (bicyclic) bond motifs is 1. The fourth-order valence-corrected chi connectivity index (χ4v) is 3.77. The highest BCUT2D eigenvalue weighted by molar-refractivity contribution is 7.90. The first-order valence-corrected chi connectivity index (χ1v) is 9.37. The Labute approximate surface area is 152 Å². The Morgan fingerprint density at radius 3 is 2.58 bits per heavy atom. The van der Waals surface area contributed by atoms with Crippen LogP contribution < -0.4 is 5.32 Å². The van der Waals surface area contributed by atoms with Gasteiger partial charge in [-0.3, -0.25) is 4.79 Å². The summed E-state index contributed by atoms with van der Waals surface area (Å²) in [6.07, 6.45) is 0. The molecule has 0 saturated heterocycles. The number of likely N-dealkylation sites (N-methyl/N-ethyl adjacent to an activating group) is 1. The zero-order valence-corrected chi connectivity index (χ0v) is 15.0. The summed E-state index contributed by atoms with van der Waals surface area (Å²) in [7, 11) is -2.06. The number of carbonyl (C=O) groups excluding carboxylic acids is 1. The van der Waals surface area contributed by atoms with Gasteiger partial charge in [-0.2, -0.15) is 8.42 Å². The van der Waals surface area contributed by atoms with Crippen molar-refractivity contribution < 1.29 is 13.2 Å². The first-order valence-electron chi connectivity index (χ1n) is 7.93. The Kier molecular flexibility index (Phi) is 5.05. The number of benzene rings is 2. The molecule has 0 aliphatic carbocycles. The van der Waals surface area contributed by atoms with E-state index in [1.54, 1.807) is 25.2 Å². The standard InChI is InChI=1S/C19H17N3O3S/c1-22(19-16-11-5-6-12-17(16)26(24,25)21-19)14-18(23)20-13-7-10-15-8-3-2-4-9-15/h2-6,8-9,11-12H,13-14H2,1H3,(H,20,23). The topological polar surface area (TPSA) is 78.8 Å². The SMILES string of the molecule is CN(CC(=O)NCC#Cc1ccccc1)C1=NS(=O)(=O)c2ccccc21. The maximum Gasteiger partial charge on any atom is 0.285 e. The van der Waals surface area contributed by atoms with E-state index in [9.17, 15) is 13.2 Å². The molecule has 6 nitrogen and oxygen atoms in total.